The molecular weight excluding hydrogens is 483 g/mol. The standard InChI is InChI=1S/C26H24ClFN6S/c27-23-11-6-12-24(28)22(23)18-33-17-19(21-10-4-5-13-25(21)33)16-29-14-7-15-35-26-30-31-32-34(26)20-8-2-1-3-9-20/h1-6,8-13,17,29H,7,14-16,18H2. The predicted octanol–water partition coefficient (Wildman–Crippen LogP) is 5.73. The Kier molecular flexibility index (Phi) is 7.42. The fourth-order valence-corrected chi connectivity index (χ4v) is 5.08. The van der Waals surface area contributed by atoms with Gasteiger partial charge in [-0.1, -0.05) is 65.8 Å². The molecule has 2 heterocycles. The highest BCUT2D eigenvalue weighted by Gasteiger charge is 2.13. The van der Waals surface area contributed by atoms with E-state index in [0.29, 0.717) is 17.1 Å². The summed E-state index contributed by atoms with van der Waals surface area (Å²) in [6.07, 6.45) is 3.05. The van der Waals surface area contributed by atoms with Crippen molar-refractivity contribution in [2.24, 2.45) is 0 Å². The van der Waals surface area contributed by atoms with E-state index in [-0.39, 0.29) is 5.82 Å². The van der Waals surface area contributed by atoms with Gasteiger partial charge in [0.05, 0.1) is 12.2 Å². The first-order chi connectivity index (χ1) is 17.2. The number of hydrogen-bond acceptors (Lipinski definition) is 5. The molecule has 0 bridgehead atoms. The van der Waals surface area contributed by atoms with Crippen molar-refractivity contribution >= 4 is 34.3 Å². The Morgan fingerprint density at radius 1 is 0.971 bits per heavy atom. The minimum atomic E-state index is -0.286. The van der Waals surface area contributed by atoms with Gasteiger partial charge in [-0.05, 0) is 59.3 Å². The normalized spacial score (nSPS) is 11.4. The molecule has 0 unspecified atom stereocenters. The molecule has 3 aromatic carbocycles. The third kappa shape index (κ3) is 5.40. The summed E-state index contributed by atoms with van der Waals surface area (Å²) in [4.78, 5) is 0. The van der Waals surface area contributed by atoms with Crippen molar-refractivity contribution in [3.63, 3.8) is 0 Å². The van der Waals surface area contributed by atoms with E-state index in [1.165, 1.54) is 11.6 Å². The van der Waals surface area contributed by atoms with E-state index in [4.69, 9.17) is 11.6 Å². The maximum Gasteiger partial charge on any atom is 0.214 e. The lowest BCUT2D eigenvalue weighted by Crippen LogP contribution is -2.15. The Morgan fingerprint density at radius 3 is 2.66 bits per heavy atom. The zero-order chi connectivity index (χ0) is 24.0. The molecule has 178 valence electrons. The highest BCUT2D eigenvalue weighted by molar-refractivity contribution is 7.99. The number of nitrogens with zero attached hydrogens (tertiary/aromatic N) is 5. The van der Waals surface area contributed by atoms with Crippen LogP contribution in [0.25, 0.3) is 16.6 Å². The van der Waals surface area contributed by atoms with E-state index >= 15 is 0 Å². The molecule has 5 aromatic rings. The molecule has 0 aliphatic rings. The Bertz CT molecular complexity index is 1400. The molecule has 0 spiro atoms. The highest BCUT2D eigenvalue weighted by Crippen LogP contribution is 2.26. The molecule has 0 saturated carbocycles. The van der Waals surface area contributed by atoms with Crippen molar-refractivity contribution < 1.29 is 4.39 Å². The quantitative estimate of drug-likeness (QED) is 0.193. The lowest BCUT2D eigenvalue weighted by molar-refractivity contribution is 0.601. The first-order valence-corrected chi connectivity index (χ1v) is 12.7. The van der Waals surface area contributed by atoms with Gasteiger partial charge in [-0.2, -0.15) is 4.68 Å². The van der Waals surface area contributed by atoms with Crippen LogP contribution in [0.3, 0.4) is 0 Å². The van der Waals surface area contributed by atoms with E-state index in [1.54, 1.807) is 28.6 Å². The first-order valence-electron chi connectivity index (χ1n) is 11.4. The van der Waals surface area contributed by atoms with Gasteiger partial charge < -0.3 is 9.88 Å². The summed E-state index contributed by atoms with van der Waals surface area (Å²) in [6.45, 7) is 1.97. The molecule has 0 aliphatic carbocycles. The van der Waals surface area contributed by atoms with E-state index < -0.39 is 0 Å². The maximum atomic E-state index is 14.4. The second-order valence-electron chi connectivity index (χ2n) is 8.09. The van der Waals surface area contributed by atoms with E-state index in [0.717, 1.165) is 47.0 Å². The van der Waals surface area contributed by atoms with Gasteiger partial charge in [-0.25, -0.2) is 4.39 Å². The number of halogens is 2. The largest absolute Gasteiger partial charge is 0.343 e. The van der Waals surface area contributed by atoms with Crippen LogP contribution in [0.15, 0.2) is 84.1 Å². The van der Waals surface area contributed by atoms with Crippen LogP contribution in [-0.4, -0.2) is 37.1 Å². The van der Waals surface area contributed by atoms with Crippen molar-refractivity contribution in [1.29, 1.82) is 0 Å². The van der Waals surface area contributed by atoms with Crippen LogP contribution in [0.1, 0.15) is 17.5 Å². The van der Waals surface area contributed by atoms with Crippen molar-refractivity contribution in [1.82, 2.24) is 30.1 Å². The molecule has 0 aliphatic heterocycles. The fourth-order valence-electron chi connectivity index (χ4n) is 4.03. The Hall–Kier alpha value is -3.20. The first kappa shape index (κ1) is 23.5. The number of tetrazole rings is 1. The van der Waals surface area contributed by atoms with Gasteiger partial charge in [0.2, 0.25) is 5.16 Å². The molecule has 0 amide bonds. The Morgan fingerprint density at radius 2 is 1.80 bits per heavy atom. The minimum absolute atomic E-state index is 0.286. The summed E-state index contributed by atoms with van der Waals surface area (Å²) in [5.41, 5.74) is 3.69. The number of hydrogen-bond donors (Lipinski definition) is 1. The lowest BCUT2D eigenvalue weighted by atomic mass is 10.2. The molecule has 6 nitrogen and oxygen atoms in total. The number of rotatable bonds is 10. The van der Waals surface area contributed by atoms with E-state index in [2.05, 4.69) is 43.7 Å². The summed E-state index contributed by atoms with van der Waals surface area (Å²) in [6, 6.07) is 22.9. The zero-order valence-corrected chi connectivity index (χ0v) is 20.5. The lowest BCUT2D eigenvalue weighted by Gasteiger charge is -2.08. The zero-order valence-electron chi connectivity index (χ0n) is 18.9. The van der Waals surface area contributed by atoms with Crippen LogP contribution in [0, 0.1) is 5.82 Å². The van der Waals surface area contributed by atoms with Gasteiger partial charge in [0.1, 0.15) is 5.82 Å². The van der Waals surface area contributed by atoms with Crippen molar-refractivity contribution in [2.45, 2.75) is 24.7 Å². The third-order valence-electron chi connectivity index (χ3n) is 5.75. The number of thioether (sulfide) groups is 1. The third-order valence-corrected chi connectivity index (χ3v) is 7.11. The van der Waals surface area contributed by atoms with Crippen molar-refractivity contribution in [2.75, 3.05) is 12.3 Å². The Balaban J connectivity index is 1.18. The molecule has 35 heavy (non-hydrogen) atoms. The molecule has 5 rings (SSSR count). The molecular formula is C26H24ClFN6S. The van der Waals surface area contributed by atoms with Crippen LogP contribution in [0.5, 0.6) is 0 Å². The van der Waals surface area contributed by atoms with Gasteiger partial charge >= 0.3 is 0 Å². The minimum Gasteiger partial charge on any atom is -0.343 e. The number of fused-ring (bicyclic) bond motifs is 1. The van der Waals surface area contributed by atoms with Crippen molar-refractivity contribution in [3.8, 4) is 5.69 Å². The van der Waals surface area contributed by atoms with Gasteiger partial charge in [-0.3, -0.25) is 0 Å². The van der Waals surface area contributed by atoms with Gasteiger partial charge in [0.15, 0.2) is 0 Å². The SMILES string of the molecule is Fc1cccc(Cl)c1Cn1cc(CNCCCSc2nnnn2-c2ccccc2)c2ccccc21. The van der Waals surface area contributed by atoms with Crippen LogP contribution in [-0.2, 0) is 13.1 Å². The molecule has 1 N–H and O–H groups in total. The molecule has 2 aromatic heterocycles. The second-order valence-corrected chi connectivity index (χ2v) is 9.56. The predicted molar refractivity (Wildman–Crippen MR) is 139 cm³/mol. The summed E-state index contributed by atoms with van der Waals surface area (Å²) in [5.74, 6) is 0.610. The molecule has 0 atom stereocenters. The molecule has 0 radical (unpaired) electrons. The van der Waals surface area contributed by atoms with E-state index in [1.807, 2.05) is 42.5 Å². The average Bonchev–Trinajstić information content (AvgIpc) is 3.49. The smallest absolute Gasteiger partial charge is 0.214 e. The van der Waals surface area contributed by atoms with Crippen LogP contribution in [0.2, 0.25) is 5.02 Å². The average molecular weight is 507 g/mol. The number of nitrogens with one attached hydrogen (secondary N) is 1. The van der Waals surface area contributed by atoms with Crippen LogP contribution >= 0.6 is 23.4 Å². The summed E-state index contributed by atoms with van der Waals surface area (Å²) < 4.78 is 18.2. The summed E-state index contributed by atoms with van der Waals surface area (Å²) >= 11 is 7.91. The maximum absolute atomic E-state index is 14.4. The van der Waals surface area contributed by atoms with Crippen LogP contribution in [0.4, 0.5) is 4.39 Å². The monoisotopic (exact) mass is 506 g/mol. The van der Waals surface area contributed by atoms with Gasteiger partial charge in [-0.15, -0.1) is 5.10 Å². The number of benzene rings is 3. The summed E-state index contributed by atoms with van der Waals surface area (Å²) in [5, 5.41) is 18.0. The highest BCUT2D eigenvalue weighted by atomic mass is 35.5. The molecule has 0 fully saturated rings. The topological polar surface area (TPSA) is 60.6 Å². The number of aromatic nitrogens is 5. The van der Waals surface area contributed by atoms with Gasteiger partial charge in [0, 0.05) is 40.0 Å². The van der Waals surface area contributed by atoms with Gasteiger partial charge in [0.25, 0.3) is 0 Å². The van der Waals surface area contributed by atoms with E-state index in [9.17, 15) is 4.39 Å². The summed E-state index contributed by atoms with van der Waals surface area (Å²) in [7, 11) is 0. The number of para-hydroxylation sites is 2. The van der Waals surface area contributed by atoms with Crippen molar-refractivity contribution in [3.05, 3.63) is 101 Å². The van der Waals surface area contributed by atoms with Crippen LogP contribution < -0.4 is 5.32 Å². The second kappa shape index (κ2) is 11.0. The fraction of sp³-hybridized carbons (Fsp3) is 0.192. The molecule has 0 saturated heterocycles. The molecule has 9 heteroatoms. The Labute approximate surface area is 212 Å².